The molecule has 2 aromatic rings. The van der Waals surface area contributed by atoms with Crippen LogP contribution in [0.2, 0.25) is 0 Å². The van der Waals surface area contributed by atoms with Crippen molar-refractivity contribution < 1.29 is 17.9 Å². The van der Waals surface area contributed by atoms with Gasteiger partial charge in [-0.25, -0.2) is 8.42 Å². The van der Waals surface area contributed by atoms with Crippen LogP contribution in [-0.2, 0) is 15.6 Å². The zero-order valence-electron chi connectivity index (χ0n) is 18.2. The molecule has 7 nitrogen and oxygen atoms in total. The van der Waals surface area contributed by atoms with E-state index in [1.807, 2.05) is 61.5 Å². The molecule has 0 heterocycles. The maximum Gasteiger partial charge on any atom is 0.191 e. The molecule has 172 valence electrons. The van der Waals surface area contributed by atoms with Crippen molar-refractivity contribution in [3.05, 3.63) is 60.2 Å². The van der Waals surface area contributed by atoms with Crippen LogP contribution in [0, 0.1) is 0 Å². The molecule has 0 radical (unpaired) electrons. The van der Waals surface area contributed by atoms with Crippen LogP contribution in [-0.4, -0.2) is 53.5 Å². The van der Waals surface area contributed by atoms with E-state index in [4.69, 9.17) is 9.47 Å². The lowest BCUT2D eigenvalue weighted by atomic mass is 10.2. The summed E-state index contributed by atoms with van der Waals surface area (Å²) >= 11 is 0. The van der Waals surface area contributed by atoms with Gasteiger partial charge in [-0.1, -0.05) is 36.4 Å². The van der Waals surface area contributed by atoms with Crippen molar-refractivity contribution in [2.45, 2.75) is 25.2 Å². The number of nitrogens with zero attached hydrogens (tertiary/aromatic N) is 1. The van der Waals surface area contributed by atoms with Crippen LogP contribution in [0.25, 0.3) is 0 Å². The van der Waals surface area contributed by atoms with Crippen LogP contribution < -0.4 is 20.1 Å². The third-order valence-corrected chi connectivity index (χ3v) is 6.00. The average molecular weight is 561 g/mol. The molecule has 1 atom stereocenters. The minimum absolute atomic E-state index is 0. The molecular formula is C22H32IN3O4S. The number of benzene rings is 2. The molecule has 2 rings (SSSR count). The number of aliphatic imine (C=N–C) groups is 1. The molecule has 1 unspecified atom stereocenters. The van der Waals surface area contributed by atoms with Crippen LogP contribution in [0.15, 0.2) is 59.6 Å². The fourth-order valence-corrected chi connectivity index (χ4v) is 4.24. The lowest BCUT2D eigenvalue weighted by Gasteiger charge is -2.18. The number of methoxy groups -OCH3 is 1. The lowest BCUT2D eigenvalue weighted by Crippen LogP contribution is -2.42. The first-order valence-electron chi connectivity index (χ1n) is 9.91. The van der Waals surface area contributed by atoms with Gasteiger partial charge in [0.1, 0.15) is 17.6 Å². The number of ether oxygens (including phenoxy) is 2. The van der Waals surface area contributed by atoms with Gasteiger partial charge in [0.25, 0.3) is 0 Å². The van der Waals surface area contributed by atoms with Gasteiger partial charge in [-0.3, -0.25) is 4.99 Å². The summed E-state index contributed by atoms with van der Waals surface area (Å²) in [5.74, 6) is 2.28. The molecule has 0 aliphatic heterocycles. The Morgan fingerprint density at radius 2 is 1.77 bits per heavy atom. The van der Waals surface area contributed by atoms with E-state index in [-0.39, 0.29) is 41.6 Å². The Kier molecular flexibility index (Phi) is 12.3. The molecule has 0 saturated heterocycles. The van der Waals surface area contributed by atoms with Crippen LogP contribution in [0.1, 0.15) is 18.9 Å². The van der Waals surface area contributed by atoms with E-state index in [1.54, 1.807) is 14.2 Å². The van der Waals surface area contributed by atoms with Crippen molar-refractivity contribution in [2.24, 2.45) is 4.99 Å². The number of sulfone groups is 1. The van der Waals surface area contributed by atoms with Crippen LogP contribution >= 0.6 is 24.0 Å². The van der Waals surface area contributed by atoms with Gasteiger partial charge in [0, 0.05) is 19.7 Å². The molecule has 0 amide bonds. The third-order valence-electron chi connectivity index (χ3n) is 4.31. The van der Waals surface area contributed by atoms with E-state index in [0.717, 1.165) is 17.1 Å². The molecule has 0 aromatic heterocycles. The van der Waals surface area contributed by atoms with Gasteiger partial charge < -0.3 is 20.1 Å². The Bertz CT molecular complexity index is 908. The molecule has 0 aliphatic carbocycles. The number of nitrogens with one attached hydrogen (secondary N) is 2. The molecule has 31 heavy (non-hydrogen) atoms. The van der Waals surface area contributed by atoms with Crippen molar-refractivity contribution in [3.63, 3.8) is 0 Å². The van der Waals surface area contributed by atoms with Crippen molar-refractivity contribution in [1.29, 1.82) is 0 Å². The largest absolute Gasteiger partial charge is 0.497 e. The highest BCUT2D eigenvalue weighted by Gasteiger charge is 2.12. The van der Waals surface area contributed by atoms with E-state index in [0.29, 0.717) is 25.5 Å². The fourth-order valence-electron chi connectivity index (χ4n) is 2.81. The first-order valence-corrected chi connectivity index (χ1v) is 11.7. The second-order valence-corrected chi connectivity index (χ2v) is 9.10. The van der Waals surface area contributed by atoms with Crippen LogP contribution in [0.4, 0.5) is 0 Å². The Morgan fingerprint density at radius 3 is 2.45 bits per heavy atom. The Balaban J connectivity index is 0.00000480. The number of hydrogen-bond donors (Lipinski definition) is 2. The van der Waals surface area contributed by atoms with Crippen molar-refractivity contribution >= 4 is 39.8 Å². The predicted molar refractivity (Wildman–Crippen MR) is 136 cm³/mol. The van der Waals surface area contributed by atoms with E-state index >= 15 is 0 Å². The standard InChI is InChI=1S/C22H31N3O4S.HI/c1-18(29-21-12-7-11-20(15-21)28-3)16-25-22(23-2)24-13-8-14-30(26,27)17-19-9-5-4-6-10-19;/h4-7,9-12,15,18H,8,13-14,16-17H2,1-3H3,(H2,23,24,25);1H. The Morgan fingerprint density at radius 1 is 1.06 bits per heavy atom. The first-order chi connectivity index (χ1) is 14.4. The van der Waals surface area contributed by atoms with Gasteiger partial charge in [0.05, 0.1) is 25.2 Å². The Labute approximate surface area is 202 Å². The monoisotopic (exact) mass is 561 g/mol. The van der Waals surface area contributed by atoms with E-state index in [2.05, 4.69) is 15.6 Å². The topological polar surface area (TPSA) is 89.0 Å². The van der Waals surface area contributed by atoms with E-state index < -0.39 is 9.84 Å². The summed E-state index contributed by atoms with van der Waals surface area (Å²) in [7, 11) is 0.157. The second kappa shape index (κ2) is 14.1. The molecule has 9 heteroatoms. The zero-order valence-corrected chi connectivity index (χ0v) is 21.4. The molecule has 0 spiro atoms. The fraction of sp³-hybridized carbons (Fsp3) is 0.409. The minimum atomic E-state index is -3.14. The van der Waals surface area contributed by atoms with Crippen molar-refractivity contribution in [1.82, 2.24) is 10.6 Å². The summed E-state index contributed by atoms with van der Waals surface area (Å²) in [6.07, 6.45) is 0.410. The van der Waals surface area contributed by atoms with Gasteiger partial charge in [-0.2, -0.15) is 0 Å². The molecule has 0 bridgehead atoms. The van der Waals surface area contributed by atoms with Crippen LogP contribution in [0.5, 0.6) is 11.5 Å². The molecule has 0 aliphatic rings. The molecule has 0 saturated carbocycles. The maximum atomic E-state index is 12.2. The highest BCUT2D eigenvalue weighted by molar-refractivity contribution is 14.0. The predicted octanol–water partition coefficient (Wildman–Crippen LogP) is 3.25. The lowest BCUT2D eigenvalue weighted by molar-refractivity contribution is 0.223. The summed E-state index contributed by atoms with van der Waals surface area (Å²) in [5, 5.41) is 6.33. The number of hydrogen-bond acceptors (Lipinski definition) is 5. The van der Waals surface area contributed by atoms with Crippen molar-refractivity contribution in [3.8, 4) is 11.5 Å². The summed E-state index contributed by atoms with van der Waals surface area (Å²) in [6, 6.07) is 16.7. The van der Waals surface area contributed by atoms with E-state index in [1.165, 1.54) is 0 Å². The Hall–Kier alpha value is -2.01. The molecular weight excluding hydrogens is 529 g/mol. The van der Waals surface area contributed by atoms with Gasteiger partial charge in [-0.05, 0) is 31.0 Å². The van der Waals surface area contributed by atoms with Gasteiger partial charge in [0.2, 0.25) is 0 Å². The molecule has 2 aromatic carbocycles. The molecule has 2 N–H and O–H groups in total. The summed E-state index contributed by atoms with van der Waals surface area (Å²) in [4.78, 5) is 4.17. The SMILES string of the molecule is CN=C(NCCCS(=O)(=O)Cc1ccccc1)NCC(C)Oc1cccc(OC)c1.I. The number of halogens is 1. The summed E-state index contributed by atoms with van der Waals surface area (Å²) in [5.41, 5.74) is 0.813. The highest BCUT2D eigenvalue weighted by Crippen LogP contribution is 2.19. The first kappa shape index (κ1) is 27.0. The zero-order chi connectivity index (χ0) is 21.8. The van der Waals surface area contributed by atoms with E-state index in [9.17, 15) is 8.42 Å². The van der Waals surface area contributed by atoms with Gasteiger partial charge in [0.15, 0.2) is 15.8 Å². The van der Waals surface area contributed by atoms with Gasteiger partial charge in [-0.15, -0.1) is 24.0 Å². The quantitative estimate of drug-likeness (QED) is 0.190. The minimum Gasteiger partial charge on any atom is -0.497 e. The third kappa shape index (κ3) is 10.7. The summed E-state index contributed by atoms with van der Waals surface area (Å²) < 4.78 is 35.6. The van der Waals surface area contributed by atoms with Crippen LogP contribution in [0.3, 0.4) is 0 Å². The maximum absolute atomic E-state index is 12.2. The summed E-state index contributed by atoms with van der Waals surface area (Å²) in [6.45, 7) is 3.01. The van der Waals surface area contributed by atoms with Crippen molar-refractivity contribution in [2.75, 3.05) is 33.0 Å². The average Bonchev–Trinajstić information content (AvgIpc) is 2.73. The second-order valence-electron chi connectivity index (χ2n) is 6.92. The smallest absolute Gasteiger partial charge is 0.191 e. The number of rotatable bonds is 11. The highest BCUT2D eigenvalue weighted by atomic mass is 127. The van der Waals surface area contributed by atoms with Gasteiger partial charge >= 0.3 is 0 Å². The normalized spacial score (nSPS) is 12.4. The molecule has 0 fully saturated rings. The number of guanidine groups is 1.